The number of rotatable bonds is 9. The average molecular weight is 692 g/mol. The van der Waals surface area contributed by atoms with Crippen molar-refractivity contribution < 1.29 is 36.2 Å². The van der Waals surface area contributed by atoms with Crippen LogP contribution in [0.4, 0.5) is 5.69 Å². The molecule has 1 amide bonds. The zero-order valence-electron chi connectivity index (χ0n) is 27.4. The van der Waals surface area contributed by atoms with Gasteiger partial charge in [0.15, 0.2) is 5.03 Å². The SMILES string of the molecule is C[C@@H]1CCCCO[C@@H](CN(C)S(=O)(=O)c2cn(C)cn2)[C@@H](C)CN([C@H](C)CO)C(=O)c2cc(NS(=O)(=O)c3ccccc3)ccc2O1. The Kier molecular flexibility index (Phi) is 12.1. The predicted octanol–water partition coefficient (Wildman–Crippen LogP) is 3.34. The molecular formula is C32H45N5O8S2. The van der Waals surface area contributed by atoms with E-state index >= 15 is 0 Å². The van der Waals surface area contributed by atoms with E-state index in [9.17, 15) is 26.7 Å². The van der Waals surface area contributed by atoms with Crippen LogP contribution in [0.25, 0.3) is 0 Å². The van der Waals surface area contributed by atoms with Crippen LogP contribution >= 0.6 is 0 Å². The van der Waals surface area contributed by atoms with E-state index in [4.69, 9.17) is 9.47 Å². The van der Waals surface area contributed by atoms with Gasteiger partial charge in [-0.3, -0.25) is 9.52 Å². The number of carbonyl (C=O) groups is 1. The fourth-order valence-corrected chi connectivity index (χ4v) is 7.51. The molecule has 4 rings (SSSR count). The van der Waals surface area contributed by atoms with Crippen molar-refractivity contribution in [3.05, 3.63) is 66.6 Å². The Balaban J connectivity index is 1.68. The Morgan fingerprint density at radius 3 is 2.49 bits per heavy atom. The van der Waals surface area contributed by atoms with Gasteiger partial charge < -0.3 is 24.0 Å². The second kappa shape index (κ2) is 15.6. The van der Waals surface area contributed by atoms with Gasteiger partial charge in [0.25, 0.3) is 26.0 Å². The quantitative estimate of drug-likeness (QED) is 0.343. The Morgan fingerprint density at radius 1 is 1.11 bits per heavy atom. The number of hydrogen-bond acceptors (Lipinski definition) is 9. The molecule has 0 spiro atoms. The molecule has 47 heavy (non-hydrogen) atoms. The first kappa shape index (κ1) is 36.3. The van der Waals surface area contributed by atoms with Gasteiger partial charge in [-0.25, -0.2) is 21.8 Å². The number of benzene rings is 2. The van der Waals surface area contributed by atoms with Crippen LogP contribution in [0, 0.1) is 5.92 Å². The maximum absolute atomic E-state index is 14.3. The van der Waals surface area contributed by atoms with E-state index in [1.807, 2.05) is 13.8 Å². The first-order chi connectivity index (χ1) is 22.2. The van der Waals surface area contributed by atoms with Crippen LogP contribution in [-0.4, -0.2) is 98.2 Å². The molecule has 0 radical (unpaired) electrons. The van der Waals surface area contributed by atoms with Crippen LogP contribution in [0.3, 0.4) is 0 Å². The number of hydrogen-bond donors (Lipinski definition) is 2. The molecule has 1 aromatic heterocycles. The Labute approximate surface area is 277 Å². The minimum atomic E-state index is -3.94. The van der Waals surface area contributed by atoms with Crippen molar-refractivity contribution in [3.63, 3.8) is 0 Å². The standard InChI is InChI=1S/C32H45N5O8S2/c1-23-18-37(24(2)21-38)32(39)28-17-26(34-46(40,41)27-12-7-6-8-13-27)14-15-29(28)45-25(3)11-9-10-16-44-30(23)19-36(5)47(42,43)31-20-35(4)22-33-31/h6-8,12-15,17,20,22-25,30,34,38H,9-11,16,18-19,21H2,1-5H3/t23-,24+,25+,30-/m0/s1. The number of nitrogens with zero attached hydrogens (tertiary/aromatic N) is 4. The highest BCUT2D eigenvalue weighted by molar-refractivity contribution is 7.92. The normalized spacial score (nSPS) is 21.0. The number of aryl methyl sites for hydroxylation is 1. The number of anilines is 1. The lowest BCUT2D eigenvalue weighted by molar-refractivity contribution is -0.00835. The molecule has 0 aliphatic carbocycles. The maximum atomic E-state index is 14.3. The number of likely N-dealkylation sites (N-methyl/N-ethyl adjacent to an activating group) is 1. The van der Waals surface area contributed by atoms with Crippen molar-refractivity contribution in [1.29, 1.82) is 0 Å². The fourth-order valence-electron chi connectivity index (χ4n) is 5.30. The Morgan fingerprint density at radius 2 is 1.83 bits per heavy atom. The van der Waals surface area contributed by atoms with Gasteiger partial charge in [-0.2, -0.15) is 4.31 Å². The minimum Gasteiger partial charge on any atom is -0.490 e. The van der Waals surface area contributed by atoms with Crippen LogP contribution in [-0.2, 0) is 31.8 Å². The number of imidazole rings is 1. The molecule has 15 heteroatoms. The van der Waals surface area contributed by atoms with Gasteiger partial charge in [0, 0.05) is 51.6 Å². The molecule has 4 atom stereocenters. The highest BCUT2D eigenvalue weighted by atomic mass is 32.2. The summed E-state index contributed by atoms with van der Waals surface area (Å²) in [5.41, 5.74) is 0.299. The fraction of sp³-hybridized carbons (Fsp3) is 0.500. The number of sulfonamides is 2. The molecule has 2 N–H and O–H groups in total. The summed E-state index contributed by atoms with van der Waals surface area (Å²) in [6.07, 6.45) is 4.10. The van der Waals surface area contributed by atoms with Crippen molar-refractivity contribution in [2.24, 2.45) is 13.0 Å². The molecule has 13 nitrogen and oxygen atoms in total. The third-order valence-electron chi connectivity index (χ3n) is 8.15. The van der Waals surface area contributed by atoms with E-state index in [-0.39, 0.29) is 52.9 Å². The number of aromatic nitrogens is 2. The summed E-state index contributed by atoms with van der Waals surface area (Å²) in [5.74, 6) is -0.564. The number of ether oxygens (including phenoxy) is 2. The Bertz CT molecular complexity index is 1720. The molecule has 258 valence electrons. The van der Waals surface area contributed by atoms with Gasteiger partial charge in [-0.15, -0.1) is 0 Å². The molecular weight excluding hydrogens is 647 g/mol. The summed E-state index contributed by atoms with van der Waals surface area (Å²) in [7, 11) is -4.69. The first-order valence-electron chi connectivity index (χ1n) is 15.6. The monoisotopic (exact) mass is 691 g/mol. The zero-order chi connectivity index (χ0) is 34.4. The molecule has 2 aromatic carbocycles. The van der Waals surface area contributed by atoms with Crippen molar-refractivity contribution in [3.8, 4) is 5.75 Å². The zero-order valence-corrected chi connectivity index (χ0v) is 29.1. The number of aliphatic hydroxyl groups excluding tert-OH is 1. The topological polar surface area (TPSA) is 160 Å². The van der Waals surface area contributed by atoms with Crippen LogP contribution < -0.4 is 9.46 Å². The van der Waals surface area contributed by atoms with Gasteiger partial charge in [0.05, 0.1) is 41.6 Å². The largest absolute Gasteiger partial charge is 0.490 e. The van der Waals surface area contributed by atoms with Crippen molar-refractivity contribution in [1.82, 2.24) is 18.8 Å². The van der Waals surface area contributed by atoms with Gasteiger partial charge in [-0.1, -0.05) is 25.1 Å². The van der Waals surface area contributed by atoms with E-state index < -0.39 is 38.1 Å². The van der Waals surface area contributed by atoms with Crippen LogP contribution in [0.1, 0.15) is 50.4 Å². The highest BCUT2D eigenvalue weighted by Crippen LogP contribution is 2.30. The van der Waals surface area contributed by atoms with Crippen molar-refractivity contribution in [2.75, 3.05) is 38.1 Å². The van der Waals surface area contributed by atoms with E-state index in [1.54, 1.807) is 48.9 Å². The van der Waals surface area contributed by atoms with Gasteiger partial charge in [0.1, 0.15) is 5.75 Å². The second-order valence-corrected chi connectivity index (χ2v) is 15.8. The lowest BCUT2D eigenvalue weighted by Crippen LogP contribution is -2.48. The van der Waals surface area contributed by atoms with Gasteiger partial charge >= 0.3 is 0 Å². The van der Waals surface area contributed by atoms with Crippen molar-refractivity contribution in [2.45, 2.75) is 68.2 Å². The van der Waals surface area contributed by atoms with Crippen LogP contribution in [0.15, 0.2) is 71.0 Å². The molecule has 3 aromatic rings. The van der Waals surface area contributed by atoms with E-state index in [0.29, 0.717) is 25.2 Å². The third kappa shape index (κ3) is 9.11. The number of amides is 1. The summed E-state index contributed by atoms with van der Waals surface area (Å²) in [6, 6.07) is 11.8. The molecule has 0 saturated carbocycles. The summed E-state index contributed by atoms with van der Waals surface area (Å²) >= 11 is 0. The summed E-state index contributed by atoms with van der Waals surface area (Å²) in [5, 5.41) is 10.1. The summed E-state index contributed by atoms with van der Waals surface area (Å²) < 4.78 is 70.6. The average Bonchev–Trinajstić information content (AvgIpc) is 3.49. The number of aliphatic hydroxyl groups is 1. The van der Waals surface area contributed by atoms with E-state index in [2.05, 4.69) is 9.71 Å². The number of fused-ring (bicyclic) bond motifs is 1. The Hall–Kier alpha value is -3.50. The maximum Gasteiger partial charge on any atom is 0.261 e. The van der Waals surface area contributed by atoms with E-state index in [0.717, 1.165) is 6.42 Å². The number of carbonyl (C=O) groups excluding carboxylic acids is 1. The second-order valence-electron chi connectivity index (χ2n) is 12.1. The molecule has 1 aliphatic heterocycles. The molecule has 0 fully saturated rings. The van der Waals surface area contributed by atoms with Crippen molar-refractivity contribution >= 4 is 31.6 Å². The smallest absolute Gasteiger partial charge is 0.261 e. The lowest BCUT2D eigenvalue weighted by Gasteiger charge is -2.35. The van der Waals surface area contributed by atoms with E-state index in [1.165, 1.54) is 47.0 Å². The van der Waals surface area contributed by atoms with Crippen LogP contribution in [0.5, 0.6) is 5.75 Å². The molecule has 1 aliphatic rings. The molecule has 0 bridgehead atoms. The molecule has 0 unspecified atom stereocenters. The molecule has 2 heterocycles. The molecule has 0 saturated heterocycles. The highest BCUT2D eigenvalue weighted by Gasteiger charge is 2.33. The lowest BCUT2D eigenvalue weighted by atomic mass is 10.0. The minimum absolute atomic E-state index is 0.0110. The van der Waals surface area contributed by atoms with Gasteiger partial charge in [-0.05, 0) is 63.4 Å². The predicted molar refractivity (Wildman–Crippen MR) is 177 cm³/mol. The summed E-state index contributed by atoms with van der Waals surface area (Å²) in [6.45, 7) is 5.62. The van der Waals surface area contributed by atoms with Crippen LogP contribution in [0.2, 0.25) is 0 Å². The van der Waals surface area contributed by atoms with Gasteiger partial charge in [0.2, 0.25) is 0 Å². The number of nitrogens with one attached hydrogen (secondary N) is 1. The first-order valence-corrected chi connectivity index (χ1v) is 18.5. The summed E-state index contributed by atoms with van der Waals surface area (Å²) in [4.78, 5) is 19.9. The third-order valence-corrected chi connectivity index (χ3v) is 11.3.